The third kappa shape index (κ3) is 7.76. The molecule has 59 heavy (non-hydrogen) atoms. The van der Waals surface area contributed by atoms with Gasteiger partial charge in [0.1, 0.15) is 18.3 Å². The Balaban J connectivity index is 0.973. The minimum atomic E-state index is -1.21. The predicted molar refractivity (Wildman–Crippen MR) is 231 cm³/mol. The van der Waals surface area contributed by atoms with Crippen LogP contribution in [0.5, 0.6) is 0 Å². The van der Waals surface area contributed by atoms with E-state index in [0.29, 0.717) is 43.2 Å². The number of carbonyl (C=O) groups excluding carboxylic acids is 2. The first-order valence-electron chi connectivity index (χ1n) is 24.7. The summed E-state index contributed by atoms with van der Waals surface area (Å²) in [6.07, 6.45) is 21.2. The fourth-order valence-electron chi connectivity index (χ4n) is 15.2. The number of rotatable bonds is 18. The summed E-state index contributed by atoms with van der Waals surface area (Å²) in [5.41, 5.74) is -1.68. The minimum Gasteiger partial charge on any atom is -0.481 e. The number of likely N-dealkylation sites (tertiary alicyclic amines) is 1. The number of allylic oxidation sites excluding steroid dienone is 1. The largest absolute Gasteiger partial charge is 0.481 e. The minimum absolute atomic E-state index is 0.0111. The second-order valence-corrected chi connectivity index (χ2v) is 21.3. The first-order valence-corrected chi connectivity index (χ1v) is 24.7. The normalized spacial score (nSPS) is 38.7. The van der Waals surface area contributed by atoms with Gasteiger partial charge in [0, 0.05) is 57.8 Å². The maximum Gasteiger partial charge on any atom is 0.409 e. The second-order valence-electron chi connectivity index (χ2n) is 21.3. The molecule has 4 saturated carbocycles. The third-order valence-corrected chi connectivity index (χ3v) is 18.0. The van der Waals surface area contributed by atoms with Gasteiger partial charge in [-0.3, -0.25) is 14.6 Å². The highest BCUT2D eigenvalue weighted by atomic mass is 16.6. The molecule has 10 nitrogen and oxygen atoms in total. The lowest BCUT2D eigenvalue weighted by Gasteiger charge is -2.60. The number of amides is 1. The zero-order valence-electron chi connectivity index (χ0n) is 37.4. The molecular weight excluding hydrogens is 741 g/mol. The number of unbranched alkanes of at least 4 members (excludes halogenated alkanes) is 2. The molecule has 3 aliphatic heterocycles. The van der Waals surface area contributed by atoms with Crippen LogP contribution in [0.1, 0.15) is 130 Å². The Kier molecular flexibility index (Phi) is 13.6. The van der Waals surface area contributed by atoms with Crippen molar-refractivity contribution in [1.82, 2.24) is 19.6 Å². The van der Waals surface area contributed by atoms with E-state index in [9.17, 15) is 19.5 Å². The molecule has 0 aromatic rings. The molecule has 3 unspecified atom stereocenters. The maximum absolute atomic E-state index is 14.4. The summed E-state index contributed by atoms with van der Waals surface area (Å²) in [7, 11) is 0. The first kappa shape index (κ1) is 43.6. The van der Waals surface area contributed by atoms with Gasteiger partial charge in [-0.05, 0) is 112 Å². The Bertz CT molecular complexity index is 1500. The van der Waals surface area contributed by atoms with E-state index in [1.54, 1.807) is 0 Å². The van der Waals surface area contributed by atoms with Crippen molar-refractivity contribution in [2.24, 2.45) is 57.7 Å². The fourth-order valence-corrected chi connectivity index (χ4v) is 15.2. The van der Waals surface area contributed by atoms with Crippen molar-refractivity contribution in [1.29, 1.82) is 0 Å². The lowest BCUT2D eigenvalue weighted by molar-refractivity contribution is -0.197. The number of carbonyl (C=O) groups is 3. The molecule has 0 radical (unpaired) electrons. The Hall–Kier alpha value is -2.01. The quantitative estimate of drug-likeness (QED) is 0.0838. The molecular formula is C49H80N4O6. The van der Waals surface area contributed by atoms with Gasteiger partial charge in [0.2, 0.25) is 0 Å². The number of hydrogen-bond donors (Lipinski definition) is 1. The highest BCUT2D eigenvalue weighted by molar-refractivity contribution is 5.90. The van der Waals surface area contributed by atoms with Gasteiger partial charge in [-0.2, -0.15) is 0 Å². The lowest BCUT2D eigenvalue weighted by Crippen LogP contribution is -2.65. The summed E-state index contributed by atoms with van der Waals surface area (Å²) in [5.74, 6) is 1.34. The maximum atomic E-state index is 14.4. The van der Waals surface area contributed by atoms with Crippen LogP contribution in [-0.2, 0) is 19.1 Å². The van der Waals surface area contributed by atoms with Crippen molar-refractivity contribution in [3.05, 3.63) is 11.6 Å². The number of carboxylic acid groups (broad SMARTS) is 1. The van der Waals surface area contributed by atoms with E-state index in [4.69, 9.17) is 9.47 Å². The van der Waals surface area contributed by atoms with Crippen LogP contribution < -0.4 is 0 Å². The first-order chi connectivity index (χ1) is 28.6. The summed E-state index contributed by atoms with van der Waals surface area (Å²) < 4.78 is 13.6. The molecule has 10 heteroatoms. The Morgan fingerprint density at radius 1 is 0.949 bits per heavy atom. The Morgan fingerprint density at radius 3 is 2.36 bits per heavy atom. The van der Waals surface area contributed by atoms with Gasteiger partial charge in [-0.15, -0.1) is 0 Å². The van der Waals surface area contributed by atoms with Crippen molar-refractivity contribution in [3.8, 4) is 0 Å². The van der Waals surface area contributed by atoms with Crippen LogP contribution in [0.2, 0.25) is 0 Å². The number of carboxylic acids is 1. The number of nitrogens with zero attached hydrogens (tertiary/aromatic N) is 4. The molecule has 3 saturated heterocycles. The average Bonchev–Trinajstić information content (AvgIpc) is 4.06. The van der Waals surface area contributed by atoms with E-state index in [-0.39, 0.29) is 36.1 Å². The van der Waals surface area contributed by atoms with Crippen molar-refractivity contribution in [2.45, 2.75) is 143 Å². The molecule has 10 atom stereocenters. The molecule has 332 valence electrons. The lowest BCUT2D eigenvalue weighted by atomic mass is 9.41. The third-order valence-electron chi connectivity index (χ3n) is 18.0. The molecule has 0 spiro atoms. The molecule has 5 aliphatic carbocycles. The number of piperazine rings is 1. The van der Waals surface area contributed by atoms with E-state index in [1.807, 2.05) is 4.90 Å². The van der Waals surface area contributed by atoms with Crippen LogP contribution in [0.4, 0.5) is 4.79 Å². The fraction of sp³-hybridized carbons (Fsp3) is 0.898. The van der Waals surface area contributed by atoms with Crippen molar-refractivity contribution in [2.75, 3.05) is 78.6 Å². The number of hydrogen-bond acceptors (Lipinski definition) is 8. The number of fused-ring (bicyclic) bond motifs is 2. The monoisotopic (exact) mass is 821 g/mol. The predicted octanol–water partition coefficient (Wildman–Crippen LogP) is 8.00. The summed E-state index contributed by atoms with van der Waals surface area (Å²) >= 11 is 0. The van der Waals surface area contributed by atoms with Crippen LogP contribution in [0.15, 0.2) is 11.6 Å². The molecule has 0 aromatic heterocycles. The summed E-state index contributed by atoms with van der Waals surface area (Å²) in [6, 6.07) is 0. The van der Waals surface area contributed by atoms with Crippen molar-refractivity contribution < 1.29 is 29.0 Å². The van der Waals surface area contributed by atoms with Crippen molar-refractivity contribution >= 4 is 18.3 Å². The molecule has 0 aromatic carbocycles. The van der Waals surface area contributed by atoms with Crippen LogP contribution in [0.25, 0.3) is 0 Å². The van der Waals surface area contributed by atoms with E-state index < -0.39 is 22.2 Å². The van der Waals surface area contributed by atoms with Crippen molar-refractivity contribution in [3.63, 3.8) is 0 Å². The van der Waals surface area contributed by atoms with E-state index in [2.05, 4.69) is 48.5 Å². The average molecular weight is 821 g/mol. The standard InChI is InChI=1S/C49H80N4O6/c1-5-6-10-19-52(26-27-58-46(57)53-24-22-51(23-25-53)21-20-50-17-11-7-12-18-50)33-43-38(28-37-13-8-9-14-37)29-44(59-43)48-32-40-36(4)15-16-41(40)47(34-54)31-39(48)30-42(35(2)3)49(47,48)45(55)56/h30,34-41,43-44H,5-29,31-33H2,1-4H3,(H,55,56)/t36-,38+,39?,40-,41-,43+,44-,47?,48?,49+/m1/s1. The summed E-state index contributed by atoms with van der Waals surface area (Å²) in [4.78, 5) is 51.0. The van der Waals surface area contributed by atoms with Gasteiger partial charge >= 0.3 is 12.1 Å². The number of aldehydes is 1. The van der Waals surface area contributed by atoms with E-state index >= 15 is 0 Å². The summed E-state index contributed by atoms with van der Waals surface area (Å²) in [5, 5.41) is 11.8. The zero-order valence-corrected chi connectivity index (χ0v) is 37.4. The van der Waals surface area contributed by atoms with Crippen LogP contribution in [0, 0.1) is 57.7 Å². The van der Waals surface area contributed by atoms with E-state index in [1.165, 1.54) is 58.0 Å². The number of aliphatic carboxylic acids is 1. The highest BCUT2D eigenvalue weighted by Gasteiger charge is 2.86. The molecule has 8 aliphatic rings. The van der Waals surface area contributed by atoms with Gasteiger partial charge in [-0.25, -0.2) is 4.79 Å². The van der Waals surface area contributed by atoms with Gasteiger partial charge in [0.25, 0.3) is 0 Å². The Labute approximate surface area is 356 Å². The van der Waals surface area contributed by atoms with Gasteiger partial charge < -0.3 is 29.2 Å². The molecule has 8 rings (SSSR count). The second kappa shape index (κ2) is 18.4. The molecule has 4 bridgehead atoms. The zero-order chi connectivity index (χ0) is 41.4. The smallest absolute Gasteiger partial charge is 0.409 e. The van der Waals surface area contributed by atoms with E-state index in [0.717, 1.165) is 116 Å². The Morgan fingerprint density at radius 2 is 1.68 bits per heavy atom. The van der Waals surface area contributed by atoms with Crippen LogP contribution in [0.3, 0.4) is 0 Å². The molecule has 1 amide bonds. The number of ether oxygens (including phenoxy) is 2. The molecule has 7 fully saturated rings. The topological polar surface area (TPSA) is 103 Å². The van der Waals surface area contributed by atoms with Crippen LogP contribution in [-0.4, -0.2) is 134 Å². The van der Waals surface area contributed by atoms with Gasteiger partial charge in [0.05, 0.1) is 17.6 Å². The van der Waals surface area contributed by atoms with Crippen LogP contribution >= 0.6 is 0 Å². The van der Waals surface area contributed by atoms with Gasteiger partial charge in [0.15, 0.2) is 0 Å². The molecule has 3 heterocycles. The van der Waals surface area contributed by atoms with Gasteiger partial charge in [-0.1, -0.05) is 90.7 Å². The summed E-state index contributed by atoms with van der Waals surface area (Å²) in [6.45, 7) is 19.5. The number of piperidine rings is 1. The highest BCUT2D eigenvalue weighted by Crippen LogP contribution is 2.84. The molecule has 1 N–H and O–H groups in total. The SMILES string of the molecule is CCCCCN(CCOC(=O)N1CCN(CCN2CCCCC2)CC1)C[C@@H]1O[C@@H](C23C[C@@H]4[C@H](C)CC[C@H]4C4(C=O)CC2C=C(C(C)C)[C@]43C(=O)O)C[C@@H]1CC1CCCC1.